The van der Waals surface area contributed by atoms with Crippen LogP contribution in [0.15, 0.2) is 30.3 Å². The topological polar surface area (TPSA) is 58.1 Å². The number of benzene rings is 1. The number of carbonyl (C=O) groups excluding carboxylic acids is 1. The summed E-state index contributed by atoms with van der Waals surface area (Å²) in [5, 5.41) is 4.10. The average Bonchev–Trinajstić information content (AvgIpc) is 3.39. The van der Waals surface area contributed by atoms with Gasteiger partial charge in [0.1, 0.15) is 10.6 Å². The summed E-state index contributed by atoms with van der Waals surface area (Å²) in [6.07, 6.45) is 2.18. The van der Waals surface area contributed by atoms with Crippen LogP contribution < -0.4 is 10.2 Å². The lowest BCUT2D eigenvalue weighted by Gasteiger charge is -2.20. The van der Waals surface area contributed by atoms with Gasteiger partial charge in [0.25, 0.3) is 0 Å². The van der Waals surface area contributed by atoms with Crippen LogP contribution in [0.5, 0.6) is 0 Å². The molecule has 1 aliphatic carbocycles. The van der Waals surface area contributed by atoms with Gasteiger partial charge in [0, 0.05) is 23.5 Å². The molecule has 134 valence electrons. The van der Waals surface area contributed by atoms with Crippen LogP contribution in [0.3, 0.4) is 0 Å². The van der Waals surface area contributed by atoms with Crippen molar-refractivity contribution in [3.63, 3.8) is 0 Å². The predicted octanol–water partition coefficient (Wildman–Crippen LogP) is 3.69. The molecule has 0 spiro atoms. The largest absolute Gasteiger partial charge is 0.352 e. The Morgan fingerprint density at radius 1 is 1.23 bits per heavy atom. The number of aryl methyl sites for hydroxylation is 2. The van der Waals surface area contributed by atoms with E-state index in [0.717, 1.165) is 34.4 Å². The molecule has 1 saturated carbocycles. The van der Waals surface area contributed by atoms with Gasteiger partial charge in [-0.3, -0.25) is 4.79 Å². The minimum atomic E-state index is 0.0487. The Morgan fingerprint density at radius 2 is 1.96 bits per heavy atom. The highest BCUT2D eigenvalue weighted by atomic mass is 32.1. The fourth-order valence-electron chi connectivity index (χ4n) is 3.01. The van der Waals surface area contributed by atoms with Crippen molar-refractivity contribution in [2.45, 2.75) is 32.7 Å². The first kappa shape index (κ1) is 17.0. The number of carbonyl (C=O) groups is 1. The number of nitrogens with one attached hydrogen (secondary N) is 1. The van der Waals surface area contributed by atoms with E-state index >= 15 is 0 Å². The minimum absolute atomic E-state index is 0.0487. The molecule has 1 N–H and O–H groups in total. The lowest BCUT2D eigenvalue weighted by atomic mass is 10.1. The van der Waals surface area contributed by atoms with Gasteiger partial charge < -0.3 is 10.2 Å². The van der Waals surface area contributed by atoms with E-state index in [2.05, 4.69) is 19.2 Å². The van der Waals surface area contributed by atoms with Crippen LogP contribution in [0.1, 0.15) is 23.3 Å². The van der Waals surface area contributed by atoms with Gasteiger partial charge in [0.2, 0.25) is 5.91 Å². The molecule has 0 unspecified atom stereocenters. The van der Waals surface area contributed by atoms with Gasteiger partial charge in [-0.2, -0.15) is 0 Å². The van der Waals surface area contributed by atoms with Gasteiger partial charge >= 0.3 is 0 Å². The number of rotatable bonds is 5. The molecule has 0 atom stereocenters. The van der Waals surface area contributed by atoms with E-state index in [1.807, 2.05) is 42.3 Å². The van der Waals surface area contributed by atoms with Gasteiger partial charge in [-0.05, 0) is 32.3 Å². The predicted molar refractivity (Wildman–Crippen MR) is 107 cm³/mol. The van der Waals surface area contributed by atoms with E-state index in [-0.39, 0.29) is 5.91 Å². The van der Waals surface area contributed by atoms with Gasteiger partial charge in [0.05, 0.1) is 11.9 Å². The van der Waals surface area contributed by atoms with E-state index in [4.69, 9.17) is 9.97 Å². The standard InChI is InChI=1S/C20H22N4OS/c1-12-13(2)26-20-17(12)19(24(3)11-16(25)21-15-9-10-15)22-18(23-20)14-7-5-4-6-8-14/h4-8,15H,9-11H2,1-3H3,(H,21,25). The number of amides is 1. The van der Waals surface area contributed by atoms with E-state index in [1.165, 1.54) is 10.4 Å². The average molecular weight is 366 g/mol. The van der Waals surface area contributed by atoms with Crippen LogP contribution in [-0.4, -0.2) is 35.5 Å². The maximum absolute atomic E-state index is 12.3. The monoisotopic (exact) mass is 366 g/mol. The quantitative estimate of drug-likeness (QED) is 0.748. The number of aromatic nitrogens is 2. The van der Waals surface area contributed by atoms with Crippen molar-refractivity contribution in [2.75, 3.05) is 18.5 Å². The highest BCUT2D eigenvalue weighted by molar-refractivity contribution is 7.18. The van der Waals surface area contributed by atoms with Crippen LogP contribution in [0.4, 0.5) is 5.82 Å². The third-order valence-corrected chi connectivity index (χ3v) is 5.83. The Kier molecular flexibility index (Phi) is 4.36. The molecule has 1 fully saturated rings. The Bertz CT molecular complexity index is 963. The Labute approximate surface area is 157 Å². The number of likely N-dealkylation sites (N-methyl/N-ethyl adjacent to an activating group) is 1. The van der Waals surface area contributed by atoms with Crippen LogP contribution in [0.25, 0.3) is 21.6 Å². The lowest BCUT2D eigenvalue weighted by Crippen LogP contribution is -2.36. The zero-order valence-corrected chi connectivity index (χ0v) is 16.1. The van der Waals surface area contributed by atoms with Crippen molar-refractivity contribution in [1.29, 1.82) is 0 Å². The summed E-state index contributed by atoms with van der Waals surface area (Å²) in [6.45, 7) is 4.50. The zero-order chi connectivity index (χ0) is 18.3. The van der Waals surface area contributed by atoms with E-state index in [1.54, 1.807) is 11.3 Å². The fraction of sp³-hybridized carbons (Fsp3) is 0.350. The molecule has 0 radical (unpaired) electrons. The first-order valence-corrected chi connectivity index (χ1v) is 9.68. The molecule has 1 amide bonds. The Morgan fingerprint density at radius 3 is 2.65 bits per heavy atom. The molecule has 0 saturated heterocycles. The summed E-state index contributed by atoms with van der Waals surface area (Å²) >= 11 is 1.68. The molecule has 4 rings (SSSR count). The summed E-state index contributed by atoms with van der Waals surface area (Å²) in [4.78, 5) is 26.0. The summed E-state index contributed by atoms with van der Waals surface area (Å²) in [5.41, 5.74) is 2.17. The number of fused-ring (bicyclic) bond motifs is 1. The Balaban J connectivity index is 1.76. The van der Waals surface area contributed by atoms with Gasteiger partial charge in [-0.15, -0.1) is 11.3 Å². The molecular formula is C20H22N4OS. The maximum Gasteiger partial charge on any atom is 0.239 e. The van der Waals surface area contributed by atoms with Crippen LogP contribution in [0, 0.1) is 13.8 Å². The van der Waals surface area contributed by atoms with Crippen molar-refractivity contribution in [3.05, 3.63) is 40.8 Å². The molecule has 1 aromatic carbocycles. The maximum atomic E-state index is 12.3. The molecule has 0 bridgehead atoms. The van der Waals surface area contributed by atoms with E-state index < -0.39 is 0 Å². The Hall–Kier alpha value is -2.47. The molecule has 26 heavy (non-hydrogen) atoms. The number of thiophene rings is 1. The third kappa shape index (κ3) is 3.29. The van der Waals surface area contributed by atoms with E-state index in [9.17, 15) is 4.79 Å². The van der Waals surface area contributed by atoms with Crippen LogP contribution in [-0.2, 0) is 4.79 Å². The van der Waals surface area contributed by atoms with Crippen molar-refractivity contribution < 1.29 is 4.79 Å². The molecule has 6 heteroatoms. The number of hydrogen-bond acceptors (Lipinski definition) is 5. The second-order valence-electron chi connectivity index (χ2n) is 6.90. The van der Waals surface area contributed by atoms with Crippen molar-refractivity contribution in [1.82, 2.24) is 15.3 Å². The van der Waals surface area contributed by atoms with Crippen LogP contribution in [0.2, 0.25) is 0 Å². The summed E-state index contributed by atoms with van der Waals surface area (Å²) < 4.78 is 0. The van der Waals surface area contributed by atoms with Gasteiger partial charge in [-0.25, -0.2) is 9.97 Å². The summed E-state index contributed by atoms with van der Waals surface area (Å²) in [5.74, 6) is 1.57. The molecule has 2 heterocycles. The molecule has 2 aromatic heterocycles. The smallest absolute Gasteiger partial charge is 0.239 e. The molecule has 3 aromatic rings. The molecule has 5 nitrogen and oxygen atoms in total. The molecule has 0 aliphatic heterocycles. The highest BCUT2D eigenvalue weighted by Gasteiger charge is 2.25. The van der Waals surface area contributed by atoms with Crippen molar-refractivity contribution in [3.8, 4) is 11.4 Å². The van der Waals surface area contributed by atoms with Gasteiger partial charge in [0.15, 0.2) is 5.82 Å². The number of anilines is 1. The third-order valence-electron chi connectivity index (χ3n) is 4.73. The second-order valence-corrected chi connectivity index (χ2v) is 8.10. The first-order valence-electron chi connectivity index (χ1n) is 8.86. The molecular weight excluding hydrogens is 344 g/mol. The zero-order valence-electron chi connectivity index (χ0n) is 15.2. The van der Waals surface area contributed by atoms with Crippen molar-refractivity contribution >= 4 is 33.3 Å². The van der Waals surface area contributed by atoms with Crippen LogP contribution >= 0.6 is 11.3 Å². The lowest BCUT2D eigenvalue weighted by molar-refractivity contribution is -0.119. The first-order chi connectivity index (χ1) is 12.5. The fourth-order valence-corrected chi connectivity index (χ4v) is 4.04. The normalized spacial score (nSPS) is 13.8. The minimum Gasteiger partial charge on any atom is -0.352 e. The molecule has 1 aliphatic rings. The van der Waals surface area contributed by atoms with Crippen molar-refractivity contribution in [2.24, 2.45) is 0 Å². The van der Waals surface area contributed by atoms with Gasteiger partial charge in [-0.1, -0.05) is 30.3 Å². The second kappa shape index (κ2) is 6.68. The van der Waals surface area contributed by atoms with E-state index in [0.29, 0.717) is 18.4 Å². The summed E-state index contributed by atoms with van der Waals surface area (Å²) in [7, 11) is 1.93. The highest BCUT2D eigenvalue weighted by Crippen LogP contribution is 2.36. The summed E-state index contributed by atoms with van der Waals surface area (Å²) in [6, 6.07) is 10.3. The number of nitrogens with zero attached hydrogens (tertiary/aromatic N) is 3. The SMILES string of the molecule is Cc1sc2nc(-c3ccccc3)nc(N(C)CC(=O)NC3CC3)c2c1C. The number of hydrogen-bond donors (Lipinski definition) is 1.